The van der Waals surface area contributed by atoms with Crippen molar-refractivity contribution in [2.75, 3.05) is 19.4 Å². The molecule has 0 saturated heterocycles. The highest BCUT2D eigenvalue weighted by Crippen LogP contribution is 2.25. The zero-order valence-electron chi connectivity index (χ0n) is 13.7. The number of hydrogen-bond donors (Lipinski definition) is 1. The molecule has 0 heterocycles. The molecule has 0 aliphatic carbocycles. The fraction of sp³-hybridized carbons (Fsp3) is 0.176. The van der Waals surface area contributed by atoms with Crippen LogP contribution in [0.4, 0.5) is 11.4 Å². The number of rotatable bonds is 5. The topological polar surface area (TPSA) is 92.6 Å². The van der Waals surface area contributed by atoms with Crippen LogP contribution >= 0.6 is 11.6 Å². The number of nitro groups is 1. The van der Waals surface area contributed by atoms with Crippen molar-refractivity contribution in [2.45, 2.75) is 6.42 Å². The first-order chi connectivity index (χ1) is 11.8. The van der Waals surface area contributed by atoms with Crippen LogP contribution in [0.15, 0.2) is 42.5 Å². The van der Waals surface area contributed by atoms with Gasteiger partial charge in [0.25, 0.3) is 11.6 Å². The lowest BCUT2D eigenvalue weighted by Crippen LogP contribution is -2.23. The van der Waals surface area contributed by atoms with Gasteiger partial charge in [-0.05, 0) is 29.8 Å². The molecule has 0 unspecified atom stereocenters. The third-order valence-corrected chi connectivity index (χ3v) is 3.79. The van der Waals surface area contributed by atoms with Crippen molar-refractivity contribution in [1.29, 1.82) is 0 Å². The molecule has 0 aliphatic heterocycles. The highest BCUT2D eigenvalue weighted by atomic mass is 35.5. The van der Waals surface area contributed by atoms with E-state index >= 15 is 0 Å². The highest BCUT2D eigenvalue weighted by Gasteiger charge is 2.16. The Hall–Kier alpha value is -2.93. The van der Waals surface area contributed by atoms with Crippen molar-refractivity contribution in [2.24, 2.45) is 0 Å². The average Bonchev–Trinajstić information content (AvgIpc) is 2.56. The largest absolute Gasteiger partial charge is 0.349 e. The number of halogens is 1. The van der Waals surface area contributed by atoms with Gasteiger partial charge in [0.1, 0.15) is 5.02 Å². The van der Waals surface area contributed by atoms with E-state index in [0.29, 0.717) is 5.69 Å². The molecule has 1 N–H and O–H groups in total. The molecule has 0 fully saturated rings. The first-order valence-corrected chi connectivity index (χ1v) is 7.70. The van der Waals surface area contributed by atoms with Crippen LogP contribution in [0.5, 0.6) is 0 Å². The predicted molar refractivity (Wildman–Crippen MR) is 94.9 cm³/mol. The Morgan fingerprint density at radius 1 is 1.16 bits per heavy atom. The molecule has 2 amide bonds. The van der Waals surface area contributed by atoms with E-state index in [1.807, 2.05) is 0 Å². The van der Waals surface area contributed by atoms with E-state index in [-0.39, 0.29) is 28.6 Å². The fourth-order valence-electron chi connectivity index (χ4n) is 2.04. The minimum absolute atomic E-state index is 0.0229. The lowest BCUT2D eigenvalue weighted by atomic mass is 10.1. The highest BCUT2D eigenvalue weighted by molar-refractivity contribution is 6.32. The molecule has 0 saturated carbocycles. The Balaban J connectivity index is 2.09. The fourth-order valence-corrected chi connectivity index (χ4v) is 2.22. The number of likely N-dealkylation sites (N-methyl/N-ethyl adjacent to an activating group) is 1. The summed E-state index contributed by atoms with van der Waals surface area (Å²) >= 11 is 5.73. The summed E-state index contributed by atoms with van der Waals surface area (Å²) in [5.41, 5.74) is 1.14. The van der Waals surface area contributed by atoms with Gasteiger partial charge in [0.15, 0.2) is 0 Å². The number of benzene rings is 2. The molecule has 0 aromatic heterocycles. The van der Waals surface area contributed by atoms with Crippen molar-refractivity contribution in [1.82, 2.24) is 4.90 Å². The number of nitro benzene ring substituents is 1. The van der Waals surface area contributed by atoms with Crippen molar-refractivity contribution in [3.05, 3.63) is 68.7 Å². The minimum Gasteiger partial charge on any atom is -0.349 e. The number of amides is 2. The number of carbonyl (C=O) groups excluding carboxylic acids is 2. The lowest BCUT2D eigenvalue weighted by Gasteiger charge is -2.10. The molecule has 0 radical (unpaired) electrons. The third kappa shape index (κ3) is 4.77. The van der Waals surface area contributed by atoms with Gasteiger partial charge in [-0.2, -0.15) is 0 Å². The molecular weight excluding hydrogens is 346 g/mol. The molecule has 0 spiro atoms. The minimum atomic E-state index is -0.643. The van der Waals surface area contributed by atoms with Gasteiger partial charge in [-0.15, -0.1) is 0 Å². The third-order valence-electron chi connectivity index (χ3n) is 3.47. The van der Waals surface area contributed by atoms with Gasteiger partial charge < -0.3 is 10.2 Å². The summed E-state index contributed by atoms with van der Waals surface area (Å²) in [5.74, 6) is -0.512. The van der Waals surface area contributed by atoms with E-state index < -0.39 is 10.8 Å². The molecule has 7 nitrogen and oxygen atoms in total. The first-order valence-electron chi connectivity index (χ1n) is 7.32. The second-order valence-electron chi connectivity index (χ2n) is 5.54. The zero-order chi connectivity index (χ0) is 18.6. The standard InChI is InChI=1S/C17H16ClN3O4/c1-20(2)16(22)9-11-3-6-13(7-4-11)19-17(23)12-5-8-14(18)15(10-12)21(24)25/h3-8,10H,9H2,1-2H3,(H,19,23). The Morgan fingerprint density at radius 2 is 1.80 bits per heavy atom. The van der Waals surface area contributed by atoms with Gasteiger partial charge in [0.05, 0.1) is 11.3 Å². The Morgan fingerprint density at radius 3 is 2.36 bits per heavy atom. The number of anilines is 1. The van der Waals surface area contributed by atoms with Crippen LogP contribution < -0.4 is 5.32 Å². The van der Waals surface area contributed by atoms with Gasteiger partial charge >= 0.3 is 0 Å². The first kappa shape index (κ1) is 18.4. The molecule has 0 aliphatic rings. The van der Waals surface area contributed by atoms with Crippen LogP contribution in [0.25, 0.3) is 0 Å². The molecule has 2 rings (SSSR count). The molecule has 25 heavy (non-hydrogen) atoms. The van der Waals surface area contributed by atoms with Crippen LogP contribution in [0.3, 0.4) is 0 Å². The van der Waals surface area contributed by atoms with Crippen LogP contribution in [0.1, 0.15) is 15.9 Å². The van der Waals surface area contributed by atoms with Crippen LogP contribution in [-0.2, 0) is 11.2 Å². The van der Waals surface area contributed by atoms with E-state index in [1.165, 1.54) is 17.0 Å². The zero-order valence-corrected chi connectivity index (χ0v) is 14.4. The molecule has 130 valence electrons. The summed E-state index contributed by atoms with van der Waals surface area (Å²) < 4.78 is 0. The molecule has 0 bridgehead atoms. The normalized spacial score (nSPS) is 10.2. The monoisotopic (exact) mass is 361 g/mol. The van der Waals surface area contributed by atoms with Crippen molar-refractivity contribution < 1.29 is 14.5 Å². The molecular formula is C17H16ClN3O4. The van der Waals surface area contributed by atoms with E-state index in [4.69, 9.17) is 11.6 Å². The van der Waals surface area contributed by atoms with Gasteiger partial charge in [-0.1, -0.05) is 23.7 Å². The molecule has 2 aromatic rings. The number of hydrogen-bond acceptors (Lipinski definition) is 4. The maximum Gasteiger partial charge on any atom is 0.288 e. The van der Waals surface area contributed by atoms with Crippen LogP contribution in [-0.4, -0.2) is 35.7 Å². The molecule has 8 heteroatoms. The summed E-state index contributed by atoms with van der Waals surface area (Å²) in [4.78, 5) is 35.6. The summed E-state index contributed by atoms with van der Waals surface area (Å²) in [7, 11) is 3.37. The van der Waals surface area contributed by atoms with Crippen molar-refractivity contribution in [3.8, 4) is 0 Å². The van der Waals surface area contributed by atoms with Crippen LogP contribution in [0, 0.1) is 10.1 Å². The number of carbonyl (C=O) groups is 2. The lowest BCUT2D eigenvalue weighted by molar-refractivity contribution is -0.384. The summed E-state index contributed by atoms with van der Waals surface area (Å²) in [5, 5.41) is 13.5. The Labute approximate surface area is 149 Å². The van der Waals surface area contributed by atoms with E-state index in [0.717, 1.165) is 11.6 Å². The molecule has 2 aromatic carbocycles. The van der Waals surface area contributed by atoms with Gasteiger partial charge in [0, 0.05) is 31.4 Å². The van der Waals surface area contributed by atoms with Crippen LogP contribution in [0.2, 0.25) is 5.02 Å². The van der Waals surface area contributed by atoms with E-state index in [1.54, 1.807) is 38.4 Å². The Bertz CT molecular complexity index is 819. The molecule has 0 atom stereocenters. The quantitative estimate of drug-likeness (QED) is 0.654. The van der Waals surface area contributed by atoms with Gasteiger partial charge in [-0.25, -0.2) is 0 Å². The number of nitrogens with one attached hydrogen (secondary N) is 1. The van der Waals surface area contributed by atoms with Crippen molar-refractivity contribution in [3.63, 3.8) is 0 Å². The van der Waals surface area contributed by atoms with Gasteiger partial charge in [0.2, 0.25) is 5.91 Å². The summed E-state index contributed by atoms with van der Waals surface area (Å²) in [6.45, 7) is 0. The summed E-state index contributed by atoms with van der Waals surface area (Å²) in [6, 6.07) is 10.7. The average molecular weight is 362 g/mol. The predicted octanol–water partition coefficient (Wildman–Crippen LogP) is 3.13. The second-order valence-corrected chi connectivity index (χ2v) is 5.95. The van der Waals surface area contributed by atoms with E-state index in [2.05, 4.69) is 5.32 Å². The maximum absolute atomic E-state index is 12.2. The Kier molecular flexibility index (Phi) is 5.71. The maximum atomic E-state index is 12.2. The SMILES string of the molecule is CN(C)C(=O)Cc1ccc(NC(=O)c2ccc(Cl)c([N+](=O)[O-])c2)cc1. The number of nitrogens with zero attached hydrogens (tertiary/aromatic N) is 2. The smallest absolute Gasteiger partial charge is 0.288 e. The summed E-state index contributed by atoms with van der Waals surface area (Å²) in [6.07, 6.45) is 0.268. The van der Waals surface area contributed by atoms with E-state index in [9.17, 15) is 19.7 Å². The second kappa shape index (κ2) is 7.76. The van der Waals surface area contributed by atoms with Gasteiger partial charge in [-0.3, -0.25) is 19.7 Å². The van der Waals surface area contributed by atoms with Crippen molar-refractivity contribution >= 4 is 34.8 Å².